The van der Waals surface area contributed by atoms with E-state index in [4.69, 9.17) is 10.7 Å². The minimum Gasteiger partial charge on any atom is -0.330 e. The molecule has 0 spiro atoms. The van der Waals surface area contributed by atoms with Crippen LogP contribution in [-0.2, 0) is 0 Å². The van der Waals surface area contributed by atoms with Gasteiger partial charge in [0, 0.05) is 12.5 Å². The number of hydrogen-bond donors (Lipinski definition) is 1. The Bertz CT molecular complexity index is 458. The number of rotatable bonds is 3. The van der Waals surface area contributed by atoms with Gasteiger partial charge in [0.2, 0.25) is 0 Å². The van der Waals surface area contributed by atoms with Gasteiger partial charge in [0.1, 0.15) is 0 Å². The van der Waals surface area contributed by atoms with Crippen LogP contribution in [-0.4, -0.2) is 11.5 Å². The van der Waals surface area contributed by atoms with Crippen molar-refractivity contribution in [3.8, 4) is 0 Å². The van der Waals surface area contributed by atoms with Gasteiger partial charge < -0.3 is 5.73 Å². The molecule has 2 nitrogen and oxygen atoms in total. The van der Waals surface area contributed by atoms with E-state index >= 15 is 0 Å². The van der Waals surface area contributed by atoms with Crippen LogP contribution >= 0.6 is 11.3 Å². The highest BCUT2D eigenvalue weighted by Crippen LogP contribution is 2.30. The first-order chi connectivity index (χ1) is 7.26. The first kappa shape index (κ1) is 10.6. The first-order valence-electron chi connectivity index (χ1n) is 5.32. The second-order valence-electron chi connectivity index (χ2n) is 3.81. The second kappa shape index (κ2) is 4.29. The van der Waals surface area contributed by atoms with Gasteiger partial charge >= 0.3 is 0 Å². The van der Waals surface area contributed by atoms with E-state index in [0.717, 1.165) is 11.9 Å². The van der Waals surface area contributed by atoms with Crippen LogP contribution in [0.1, 0.15) is 29.8 Å². The van der Waals surface area contributed by atoms with Gasteiger partial charge in [0.15, 0.2) is 0 Å². The number of hydrogen-bond acceptors (Lipinski definition) is 3. The molecule has 3 heteroatoms. The molecule has 1 heterocycles. The molecule has 2 N–H and O–H groups in total. The lowest BCUT2D eigenvalue weighted by atomic mass is 10.1. The highest BCUT2D eigenvalue weighted by atomic mass is 32.1. The van der Waals surface area contributed by atoms with Gasteiger partial charge in [-0.15, -0.1) is 11.3 Å². The summed E-state index contributed by atoms with van der Waals surface area (Å²) in [6, 6.07) is 6.32. The van der Waals surface area contributed by atoms with E-state index < -0.39 is 0 Å². The molecule has 0 aliphatic carbocycles. The van der Waals surface area contributed by atoms with Crippen molar-refractivity contribution in [2.45, 2.75) is 26.2 Å². The molecule has 1 aromatic heterocycles. The van der Waals surface area contributed by atoms with Crippen LogP contribution in [0.4, 0.5) is 0 Å². The van der Waals surface area contributed by atoms with Gasteiger partial charge in [-0.3, -0.25) is 0 Å². The molecular formula is C12H16N2S. The van der Waals surface area contributed by atoms with Crippen LogP contribution in [0.3, 0.4) is 0 Å². The molecule has 1 unspecified atom stereocenters. The van der Waals surface area contributed by atoms with Crippen LogP contribution in [0.25, 0.3) is 10.2 Å². The van der Waals surface area contributed by atoms with Crippen molar-refractivity contribution < 1.29 is 0 Å². The zero-order chi connectivity index (χ0) is 10.8. The monoisotopic (exact) mass is 220 g/mol. The molecule has 0 fully saturated rings. The summed E-state index contributed by atoms with van der Waals surface area (Å²) in [7, 11) is 0. The van der Waals surface area contributed by atoms with E-state index in [1.807, 2.05) is 0 Å². The SMILES string of the molecule is CCC(CN)c1nc2c(C)cccc2s1. The van der Waals surface area contributed by atoms with E-state index in [2.05, 4.69) is 32.0 Å². The molecule has 0 amide bonds. The summed E-state index contributed by atoms with van der Waals surface area (Å²) in [5, 5.41) is 1.18. The molecule has 80 valence electrons. The number of aryl methyl sites for hydroxylation is 1. The Morgan fingerprint density at radius 3 is 2.87 bits per heavy atom. The summed E-state index contributed by atoms with van der Waals surface area (Å²) in [4.78, 5) is 4.69. The molecule has 0 bridgehead atoms. The van der Waals surface area contributed by atoms with E-state index in [-0.39, 0.29) is 0 Å². The Morgan fingerprint density at radius 2 is 2.27 bits per heavy atom. The Morgan fingerprint density at radius 1 is 1.47 bits per heavy atom. The minimum absolute atomic E-state index is 0.418. The average Bonchev–Trinajstić information content (AvgIpc) is 2.65. The van der Waals surface area contributed by atoms with Gasteiger partial charge in [-0.2, -0.15) is 0 Å². The van der Waals surface area contributed by atoms with Crippen molar-refractivity contribution in [2.24, 2.45) is 5.73 Å². The summed E-state index contributed by atoms with van der Waals surface area (Å²) in [6.07, 6.45) is 1.06. The lowest BCUT2D eigenvalue weighted by Crippen LogP contribution is -2.10. The number of nitrogens with two attached hydrogens (primary N) is 1. The van der Waals surface area contributed by atoms with Gasteiger partial charge in [-0.1, -0.05) is 19.1 Å². The topological polar surface area (TPSA) is 38.9 Å². The maximum absolute atomic E-state index is 5.74. The van der Waals surface area contributed by atoms with Crippen LogP contribution in [0, 0.1) is 6.92 Å². The molecule has 15 heavy (non-hydrogen) atoms. The van der Waals surface area contributed by atoms with Crippen LogP contribution in [0.2, 0.25) is 0 Å². The minimum atomic E-state index is 0.418. The maximum Gasteiger partial charge on any atom is 0.0982 e. The molecule has 0 saturated heterocycles. The molecule has 1 aromatic carbocycles. The van der Waals surface area contributed by atoms with E-state index in [0.29, 0.717) is 12.5 Å². The molecular weight excluding hydrogens is 204 g/mol. The van der Waals surface area contributed by atoms with Crippen molar-refractivity contribution in [1.29, 1.82) is 0 Å². The van der Waals surface area contributed by atoms with E-state index in [1.54, 1.807) is 11.3 Å². The maximum atomic E-state index is 5.74. The zero-order valence-electron chi connectivity index (χ0n) is 9.16. The second-order valence-corrected chi connectivity index (χ2v) is 4.88. The zero-order valence-corrected chi connectivity index (χ0v) is 9.97. The van der Waals surface area contributed by atoms with Crippen molar-refractivity contribution in [3.05, 3.63) is 28.8 Å². The Balaban J connectivity index is 2.51. The predicted octanol–water partition coefficient (Wildman–Crippen LogP) is 3.06. The third-order valence-corrected chi connectivity index (χ3v) is 3.95. The number of aromatic nitrogens is 1. The summed E-state index contributed by atoms with van der Waals surface area (Å²) in [6.45, 7) is 4.96. The highest BCUT2D eigenvalue weighted by molar-refractivity contribution is 7.18. The van der Waals surface area contributed by atoms with Gasteiger partial charge in [0.25, 0.3) is 0 Å². The molecule has 2 aromatic rings. The summed E-state index contributed by atoms with van der Waals surface area (Å²) < 4.78 is 1.27. The van der Waals surface area contributed by atoms with Crippen LogP contribution in [0.5, 0.6) is 0 Å². The smallest absolute Gasteiger partial charge is 0.0982 e. The fourth-order valence-electron chi connectivity index (χ4n) is 1.72. The fraction of sp³-hybridized carbons (Fsp3) is 0.417. The number of benzene rings is 1. The van der Waals surface area contributed by atoms with Crippen molar-refractivity contribution >= 4 is 21.6 Å². The fourth-order valence-corrected chi connectivity index (χ4v) is 2.96. The lowest BCUT2D eigenvalue weighted by molar-refractivity contribution is 0.671. The number of nitrogens with zero attached hydrogens (tertiary/aromatic N) is 1. The normalized spacial score (nSPS) is 13.3. The van der Waals surface area contributed by atoms with Crippen LogP contribution < -0.4 is 5.73 Å². The molecule has 2 rings (SSSR count). The third-order valence-electron chi connectivity index (χ3n) is 2.76. The quantitative estimate of drug-likeness (QED) is 0.863. The molecule has 0 radical (unpaired) electrons. The van der Waals surface area contributed by atoms with Gasteiger partial charge in [-0.25, -0.2) is 4.98 Å². The van der Waals surface area contributed by atoms with E-state index in [9.17, 15) is 0 Å². The van der Waals surface area contributed by atoms with Crippen LogP contribution in [0.15, 0.2) is 18.2 Å². The van der Waals surface area contributed by atoms with Crippen molar-refractivity contribution in [1.82, 2.24) is 4.98 Å². The molecule has 0 aliphatic heterocycles. The Hall–Kier alpha value is -0.930. The molecule has 0 aliphatic rings. The molecule has 1 atom stereocenters. The first-order valence-corrected chi connectivity index (χ1v) is 6.14. The van der Waals surface area contributed by atoms with Crippen molar-refractivity contribution in [3.63, 3.8) is 0 Å². The average molecular weight is 220 g/mol. The number of thiazole rings is 1. The molecule has 0 saturated carbocycles. The standard InChI is InChI=1S/C12H16N2S/c1-3-9(7-13)12-14-11-8(2)5-4-6-10(11)15-12/h4-6,9H,3,7,13H2,1-2H3. The summed E-state index contributed by atoms with van der Waals surface area (Å²) in [5.74, 6) is 0.418. The van der Waals surface area contributed by atoms with Crippen molar-refractivity contribution in [2.75, 3.05) is 6.54 Å². The van der Waals surface area contributed by atoms with E-state index in [1.165, 1.54) is 15.3 Å². The lowest BCUT2D eigenvalue weighted by Gasteiger charge is -2.06. The Kier molecular flexibility index (Phi) is 3.03. The van der Waals surface area contributed by atoms with Gasteiger partial charge in [0.05, 0.1) is 15.2 Å². The number of fused-ring (bicyclic) bond motifs is 1. The predicted molar refractivity (Wildman–Crippen MR) is 66.4 cm³/mol. The largest absolute Gasteiger partial charge is 0.330 e. The summed E-state index contributed by atoms with van der Waals surface area (Å²) in [5.41, 5.74) is 8.14. The summed E-state index contributed by atoms with van der Waals surface area (Å²) >= 11 is 1.78. The highest BCUT2D eigenvalue weighted by Gasteiger charge is 2.13. The Labute approximate surface area is 94.1 Å². The number of para-hydroxylation sites is 1. The van der Waals surface area contributed by atoms with Gasteiger partial charge in [-0.05, 0) is 25.0 Å². The third kappa shape index (κ3) is 1.90.